The van der Waals surface area contributed by atoms with Crippen LogP contribution in [0.2, 0.25) is 5.02 Å². The van der Waals surface area contributed by atoms with Crippen molar-refractivity contribution in [3.8, 4) is 0 Å². The van der Waals surface area contributed by atoms with Crippen LogP contribution < -0.4 is 0 Å². The summed E-state index contributed by atoms with van der Waals surface area (Å²) >= 11 is 6.32. The number of rotatable bonds is 2. The van der Waals surface area contributed by atoms with Crippen LogP contribution in [0.25, 0.3) is 5.65 Å². The van der Waals surface area contributed by atoms with E-state index in [1.807, 2.05) is 34.5 Å². The van der Waals surface area contributed by atoms with Gasteiger partial charge in [0, 0.05) is 38.5 Å². The lowest BCUT2D eigenvalue weighted by molar-refractivity contribution is -0.127. The maximum Gasteiger partial charge on any atom is 0.155 e. The van der Waals surface area contributed by atoms with E-state index in [2.05, 4.69) is 15.2 Å². The fourth-order valence-corrected chi connectivity index (χ4v) is 3.35. The molecule has 7 heteroatoms. The fraction of sp³-hybridized carbons (Fsp3) is 0.286. The van der Waals surface area contributed by atoms with Crippen molar-refractivity contribution in [1.82, 2.24) is 24.1 Å². The van der Waals surface area contributed by atoms with E-state index in [-0.39, 0.29) is 5.78 Å². The van der Waals surface area contributed by atoms with Gasteiger partial charge in [0.15, 0.2) is 5.65 Å². The second-order valence-corrected chi connectivity index (χ2v) is 5.88. The van der Waals surface area contributed by atoms with E-state index in [1.165, 1.54) is 0 Å². The number of nitrogens with zero attached hydrogens (tertiary/aromatic N) is 5. The zero-order valence-corrected chi connectivity index (χ0v) is 12.1. The highest BCUT2D eigenvalue weighted by atomic mass is 35.5. The van der Waals surface area contributed by atoms with Crippen LogP contribution >= 0.6 is 11.6 Å². The standard InChI is InChI=1S/C14H12ClN5O/c1-19-8-17-18-13(19)14(5-10(21)6-14)9-4-11(15)12-16-2-3-20(12)7-9/h2-4,7-8H,5-6H2,1H3. The van der Waals surface area contributed by atoms with Crippen LogP contribution in [0.5, 0.6) is 0 Å². The largest absolute Gasteiger partial charge is 0.320 e. The van der Waals surface area contributed by atoms with Gasteiger partial charge in [0.2, 0.25) is 0 Å². The van der Waals surface area contributed by atoms with Crippen LogP contribution in [-0.2, 0) is 17.3 Å². The first-order chi connectivity index (χ1) is 10.1. The predicted octanol–water partition coefficient (Wildman–Crippen LogP) is 1.77. The lowest BCUT2D eigenvalue weighted by Crippen LogP contribution is -2.44. The number of halogens is 1. The van der Waals surface area contributed by atoms with Gasteiger partial charge in [-0.15, -0.1) is 10.2 Å². The molecule has 0 amide bonds. The molecule has 3 aromatic rings. The van der Waals surface area contributed by atoms with Crippen LogP contribution in [0.1, 0.15) is 24.2 Å². The summed E-state index contributed by atoms with van der Waals surface area (Å²) in [6.07, 6.45) is 8.01. The summed E-state index contributed by atoms with van der Waals surface area (Å²) < 4.78 is 3.73. The van der Waals surface area contributed by atoms with Crippen LogP contribution in [0.15, 0.2) is 31.0 Å². The average Bonchev–Trinajstić information content (AvgIpc) is 3.03. The second-order valence-electron chi connectivity index (χ2n) is 5.47. The molecule has 0 unspecified atom stereocenters. The van der Waals surface area contributed by atoms with E-state index in [9.17, 15) is 4.79 Å². The third-order valence-corrected chi connectivity index (χ3v) is 4.41. The Bertz CT molecular complexity index is 857. The maximum absolute atomic E-state index is 11.7. The number of hydrogen-bond donors (Lipinski definition) is 0. The van der Waals surface area contributed by atoms with Gasteiger partial charge in [-0.05, 0) is 11.6 Å². The van der Waals surface area contributed by atoms with Gasteiger partial charge >= 0.3 is 0 Å². The number of Topliss-reactive ketones (excluding diaryl/α,β-unsaturated/α-hetero) is 1. The van der Waals surface area contributed by atoms with E-state index in [0.717, 1.165) is 11.4 Å². The molecule has 0 bridgehead atoms. The molecule has 0 atom stereocenters. The highest BCUT2D eigenvalue weighted by molar-refractivity contribution is 6.33. The molecule has 0 aromatic carbocycles. The Hall–Kier alpha value is -2.21. The number of fused-ring (bicyclic) bond motifs is 1. The number of aryl methyl sites for hydroxylation is 1. The number of ketones is 1. The summed E-state index contributed by atoms with van der Waals surface area (Å²) in [6.45, 7) is 0. The first kappa shape index (κ1) is 12.5. The number of pyridine rings is 1. The van der Waals surface area contributed by atoms with Gasteiger partial charge in [0.1, 0.15) is 17.9 Å². The Morgan fingerprint density at radius 3 is 2.86 bits per heavy atom. The van der Waals surface area contributed by atoms with Gasteiger partial charge < -0.3 is 8.97 Å². The molecule has 0 N–H and O–H groups in total. The number of aromatic nitrogens is 5. The van der Waals surface area contributed by atoms with Crippen molar-refractivity contribution in [2.45, 2.75) is 18.3 Å². The Labute approximate surface area is 125 Å². The first-order valence-electron chi connectivity index (χ1n) is 6.59. The van der Waals surface area contributed by atoms with E-state index in [1.54, 1.807) is 12.5 Å². The van der Waals surface area contributed by atoms with Gasteiger partial charge in [0.05, 0.1) is 10.4 Å². The number of carbonyl (C=O) groups is 1. The topological polar surface area (TPSA) is 65.1 Å². The number of hydrogen-bond acceptors (Lipinski definition) is 4. The first-order valence-corrected chi connectivity index (χ1v) is 6.97. The molecule has 0 saturated heterocycles. The molecule has 3 heterocycles. The molecular weight excluding hydrogens is 290 g/mol. The van der Waals surface area contributed by atoms with E-state index in [4.69, 9.17) is 11.6 Å². The van der Waals surface area contributed by atoms with Crippen molar-refractivity contribution in [3.63, 3.8) is 0 Å². The summed E-state index contributed by atoms with van der Waals surface area (Å²) in [5.41, 5.74) is 1.23. The highest BCUT2D eigenvalue weighted by Gasteiger charge is 2.50. The summed E-state index contributed by atoms with van der Waals surface area (Å²) in [5, 5.41) is 8.72. The molecule has 1 aliphatic carbocycles. The molecule has 0 radical (unpaired) electrons. The number of carbonyl (C=O) groups excluding carboxylic acids is 1. The zero-order valence-electron chi connectivity index (χ0n) is 11.3. The Morgan fingerprint density at radius 2 is 2.19 bits per heavy atom. The molecular formula is C14H12ClN5O. The van der Waals surface area contributed by atoms with Crippen LogP contribution in [0.4, 0.5) is 0 Å². The van der Waals surface area contributed by atoms with Gasteiger partial charge in [0.25, 0.3) is 0 Å². The molecule has 1 fully saturated rings. The molecule has 21 heavy (non-hydrogen) atoms. The Kier molecular flexibility index (Phi) is 2.47. The third-order valence-electron chi connectivity index (χ3n) is 4.13. The van der Waals surface area contributed by atoms with Gasteiger partial charge in [-0.3, -0.25) is 4.79 Å². The smallest absolute Gasteiger partial charge is 0.155 e. The molecule has 0 aliphatic heterocycles. The van der Waals surface area contributed by atoms with Crippen LogP contribution in [-0.4, -0.2) is 29.9 Å². The molecule has 6 nitrogen and oxygen atoms in total. The van der Waals surface area contributed by atoms with Gasteiger partial charge in [-0.2, -0.15) is 0 Å². The Balaban J connectivity index is 1.95. The lowest BCUT2D eigenvalue weighted by Gasteiger charge is -2.39. The van der Waals surface area contributed by atoms with Crippen LogP contribution in [0.3, 0.4) is 0 Å². The Morgan fingerprint density at radius 1 is 1.38 bits per heavy atom. The van der Waals surface area contributed by atoms with Crippen LogP contribution in [0, 0.1) is 0 Å². The second kappa shape index (κ2) is 4.14. The predicted molar refractivity (Wildman–Crippen MR) is 76.2 cm³/mol. The maximum atomic E-state index is 11.7. The minimum atomic E-state index is -0.440. The van der Waals surface area contributed by atoms with Crippen molar-refractivity contribution < 1.29 is 4.79 Å². The van der Waals surface area contributed by atoms with E-state index in [0.29, 0.717) is 23.5 Å². The minimum Gasteiger partial charge on any atom is -0.320 e. The molecule has 3 aromatic heterocycles. The highest BCUT2D eigenvalue weighted by Crippen LogP contribution is 2.46. The normalized spacial score (nSPS) is 17.1. The average molecular weight is 302 g/mol. The lowest BCUT2D eigenvalue weighted by atomic mass is 9.63. The SMILES string of the molecule is Cn1cnnc1C1(c2cc(Cl)c3nccn3c2)CC(=O)C1. The molecule has 0 spiro atoms. The summed E-state index contributed by atoms with van der Waals surface area (Å²) in [4.78, 5) is 15.9. The molecule has 106 valence electrons. The van der Waals surface area contributed by atoms with Crippen molar-refractivity contribution in [3.05, 3.63) is 47.4 Å². The minimum absolute atomic E-state index is 0.222. The van der Waals surface area contributed by atoms with E-state index < -0.39 is 5.41 Å². The van der Waals surface area contributed by atoms with Crippen molar-refractivity contribution >= 4 is 23.0 Å². The molecule has 1 saturated carbocycles. The number of imidazole rings is 1. The van der Waals surface area contributed by atoms with Crippen molar-refractivity contribution in [2.75, 3.05) is 0 Å². The van der Waals surface area contributed by atoms with E-state index >= 15 is 0 Å². The summed E-state index contributed by atoms with van der Waals surface area (Å²) in [5.74, 6) is 1.01. The third kappa shape index (κ3) is 1.65. The molecule has 1 aliphatic rings. The van der Waals surface area contributed by atoms with Gasteiger partial charge in [-0.25, -0.2) is 4.98 Å². The van der Waals surface area contributed by atoms with Gasteiger partial charge in [-0.1, -0.05) is 11.6 Å². The fourth-order valence-electron chi connectivity index (χ4n) is 3.08. The summed E-state index contributed by atoms with van der Waals surface area (Å²) in [7, 11) is 1.89. The quantitative estimate of drug-likeness (QED) is 0.723. The molecule has 4 rings (SSSR count). The van der Waals surface area contributed by atoms with Crippen molar-refractivity contribution in [2.24, 2.45) is 7.05 Å². The zero-order chi connectivity index (χ0) is 14.6. The summed E-state index contributed by atoms with van der Waals surface area (Å²) in [6, 6.07) is 1.88. The van der Waals surface area contributed by atoms with Crippen molar-refractivity contribution in [1.29, 1.82) is 0 Å². The monoisotopic (exact) mass is 301 g/mol.